The van der Waals surface area contributed by atoms with E-state index in [1.807, 2.05) is 35.2 Å². The fourth-order valence-electron chi connectivity index (χ4n) is 1.96. The molecule has 5 nitrogen and oxygen atoms in total. The molecule has 1 aromatic carbocycles. The fraction of sp³-hybridized carbons (Fsp3) is 0.562. The monoisotopic (exact) mass is 292 g/mol. The van der Waals surface area contributed by atoms with E-state index in [4.69, 9.17) is 14.7 Å². The molecule has 0 aromatic heterocycles. The molecule has 0 heterocycles. The first-order chi connectivity index (χ1) is 10.3. The summed E-state index contributed by atoms with van der Waals surface area (Å²) in [6.45, 7) is 3.19. The van der Waals surface area contributed by atoms with Gasteiger partial charge in [0.25, 0.3) is 0 Å². The number of rotatable bonds is 11. The molecule has 0 bridgehead atoms. The molecule has 1 aromatic rings. The van der Waals surface area contributed by atoms with Gasteiger partial charge in [-0.3, -0.25) is 4.90 Å². The molecule has 0 aliphatic heterocycles. The van der Waals surface area contributed by atoms with Crippen LogP contribution in [0.15, 0.2) is 30.3 Å². The van der Waals surface area contributed by atoms with Crippen LogP contribution < -0.4 is 0 Å². The number of hydrogen-bond donors (Lipinski definition) is 1. The zero-order valence-electron chi connectivity index (χ0n) is 12.6. The Bertz CT molecular complexity index is 406. The number of nitrogens with zero attached hydrogens (tertiary/aromatic N) is 2. The van der Waals surface area contributed by atoms with Gasteiger partial charge in [-0.05, 0) is 5.56 Å². The van der Waals surface area contributed by atoms with Gasteiger partial charge in [-0.1, -0.05) is 30.3 Å². The summed E-state index contributed by atoms with van der Waals surface area (Å²) in [5, 5.41) is 18.7. The molecular formula is C16H24N2O3. The van der Waals surface area contributed by atoms with Crippen molar-refractivity contribution >= 4 is 0 Å². The molecule has 0 saturated carbocycles. The third-order valence-electron chi connectivity index (χ3n) is 3.04. The van der Waals surface area contributed by atoms with Gasteiger partial charge in [0.05, 0.1) is 32.0 Å². The number of aliphatic hydroxyl groups is 1. The van der Waals surface area contributed by atoms with Crippen LogP contribution in [-0.4, -0.2) is 56.1 Å². The quantitative estimate of drug-likeness (QED) is 0.668. The number of benzene rings is 1. The standard InChI is InChI=1S/C16H24N2O3/c1-20-11-10-18(9-5-8-17)12-16(19)14-21-13-15-6-3-2-4-7-15/h2-4,6-7,16,19H,5,9-14H2,1H3. The smallest absolute Gasteiger partial charge is 0.0900 e. The first kappa shape index (κ1) is 17.6. The maximum Gasteiger partial charge on any atom is 0.0900 e. The molecule has 1 atom stereocenters. The topological polar surface area (TPSA) is 65.7 Å². The van der Waals surface area contributed by atoms with Crippen LogP contribution in [0.2, 0.25) is 0 Å². The molecule has 116 valence electrons. The van der Waals surface area contributed by atoms with Crippen LogP contribution in [0.25, 0.3) is 0 Å². The Hall–Kier alpha value is -1.45. The number of hydrogen-bond acceptors (Lipinski definition) is 5. The van der Waals surface area contributed by atoms with Gasteiger partial charge >= 0.3 is 0 Å². The molecule has 0 saturated heterocycles. The molecular weight excluding hydrogens is 268 g/mol. The molecule has 21 heavy (non-hydrogen) atoms. The van der Waals surface area contributed by atoms with Crippen molar-refractivity contribution in [2.24, 2.45) is 0 Å². The lowest BCUT2D eigenvalue weighted by Gasteiger charge is -2.23. The predicted octanol–water partition coefficient (Wildman–Crippen LogP) is 1.43. The van der Waals surface area contributed by atoms with E-state index in [-0.39, 0.29) is 6.61 Å². The zero-order valence-corrected chi connectivity index (χ0v) is 12.6. The average Bonchev–Trinajstić information content (AvgIpc) is 2.51. The van der Waals surface area contributed by atoms with Crippen LogP contribution in [0.5, 0.6) is 0 Å². The normalized spacial score (nSPS) is 12.3. The van der Waals surface area contributed by atoms with Crippen LogP contribution in [0.4, 0.5) is 0 Å². The van der Waals surface area contributed by atoms with E-state index in [9.17, 15) is 5.11 Å². The molecule has 0 aliphatic carbocycles. The molecule has 0 amide bonds. The average molecular weight is 292 g/mol. The second kappa shape index (κ2) is 11.2. The van der Waals surface area contributed by atoms with E-state index in [0.717, 1.165) is 5.56 Å². The van der Waals surface area contributed by atoms with Gasteiger partial charge in [-0.15, -0.1) is 0 Å². The molecule has 5 heteroatoms. The van der Waals surface area contributed by atoms with Crippen molar-refractivity contribution in [2.45, 2.75) is 19.1 Å². The molecule has 1 unspecified atom stereocenters. The lowest BCUT2D eigenvalue weighted by molar-refractivity contribution is 0.00670. The largest absolute Gasteiger partial charge is 0.389 e. The van der Waals surface area contributed by atoms with Crippen molar-refractivity contribution in [3.63, 3.8) is 0 Å². The van der Waals surface area contributed by atoms with Crippen molar-refractivity contribution in [3.8, 4) is 6.07 Å². The van der Waals surface area contributed by atoms with Crippen molar-refractivity contribution in [1.82, 2.24) is 4.90 Å². The van der Waals surface area contributed by atoms with Crippen LogP contribution in [0, 0.1) is 11.3 Å². The van der Waals surface area contributed by atoms with E-state index in [1.165, 1.54) is 0 Å². The highest BCUT2D eigenvalue weighted by atomic mass is 16.5. The van der Waals surface area contributed by atoms with Crippen molar-refractivity contribution < 1.29 is 14.6 Å². The summed E-state index contributed by atoms with van der Waals surface area (Å²) in [5.74, 6) is 0. The van der Waals surface area contributed by atoms with E-state index in [1.54, 1.807) is 7.11 Å². The van der Waals surface area contributed by atoms with Crippen LogP contribution in [0.1, 0.15) is 12.0 Å². The summed E-state index contributed by atoms with van der Waals surface area (Å²) in [5.41, 5.74) is 1.09. The Morgan fingerprint density at radius 2 is 2.05 bits per heavy atom. The predicted molar refractivity (Wildman–Crippen MR) is 80.7 cm³/mol. The summed E-state index contributed by atoms with van der Waals surface area (Å²) >= 11 is 0. The summed E-state index contributed by atoms with van der Waals surface area (Å²) < 4.78 is 10.6. The van der Waals surface area contributed by atoms with Gasteiger partial charge in [0.1, 0.15) is 0 Å². The summed E-state index contributed by atoms with van der Waals surface area (Å²) in [7, 11) is 1.64. The Morgan fingerprint density at radius 3 is 2.71 bits per heavy atom. The molecule has 0 aliphatic rings. The SMILES string of the molecule is COCCN(CCC#N)CC(O)COCc1ccccc1. The van der Waals surface area contributed by atoms with Crippen molar-refractivity contribution in [3.05, 3.63) is 35.9 Å². The highest BCUT2D eigenvalue weighted by Gasteiger charge is 2.11. The zero-order chi connectivity index (χ0) is 15.3. The maximum atomic E-state index is 10.0. The van der Waals surface area contributed by atoms with E-state index < -0.39 is 6.10 Å². The second-order valence-electron chi connectivity index (χ2n) is 4.86. The highest BCUT2D eigenvalue weighted by Crippen LogP contribution is 2.02. The number of ether oxygens (including phenoxy) is 2. The molecule has 0 radical (unpaired) electrons. The first-order valence-electron chi connectivity index (χ1n) is 7.14. The van der Waals surface area contributed by atoms with Gasteiger partial charge < -0.3 is 14.6 Å². The Labute approximate surface area is 126 Å². The Morgan fingerprint density at radius 1 is 1.29 bits per heavy atom. The molecule has 0 fully saturated rings. The first-order valence-corrected chi connectivity index (χ1v) is 7.14. The minimum Gasteiger partial charge on any atom is -0.389 e. The summed E-state index contributed by atoms with van der Waals surface area (Å²) in [6.07, 6.45) is -0.120. The third-order valence-corrected chi connectivity index (χ3v) is 3.04. The minimum atomic E-state index is -0.565. The van der Waals surface area contributed by atoms with Crippen LogP contribution in [0.3, 0.4) is 0 Å². The highest BCUT2D eigenvalue weighted by molar-refractivity contribution is 5.13. The fourth-order valence-corrected chi connectivity index (χ4v) is 1.96. The van der Waals surface area contributed by atoms with Gasteiger partial charge in [-0.2, -0.15) is 5.26 Å². The Balaban J connectivity index is 2.25. The summed E-state index contributed by atoms with van der Waals surface area (Å²) in [4.78, 5) is 2.02. The lowest BCUT2D eigenvalue weighted by atomic mass is 10.2. The van der Waals surface area contributed by atoms with Gasteiger partial charge in [0.15, 0.2) is 0 Å². The van der Waals surface area contributed by atoms with Crippen LogP contribution in [-0.2, 0) is 16.1 Å². The molecule has 1 N–H and O–H groups in total. The van der Waals surface area contributed by atoms with Crippen LogP contribution >= 0.6 is 0 Å². The van der Waals surface area contributed by atoms with Gasteiger partial charge in [0.2, 0.25) is 0 Å². The summed E-state index contributed by atoms with van der Waals surface area (Å²) in [6, 6.07) is 12.0. The maximum absolute atomic E-state index is 10.0. The number of aliphatic hydroxyl groups excluding tert-OH is 1. The molecule has 1 rings (SSSR count). The van der Waals surface area contributed by atoms with E-state index in [2.05, 4.69) is 6.07 Å². The van der Waals surface area contributed by atoms with Crippen molar-refractivity contribution in [2.75, 3.05) is 40.0 Å². The second-order valence-corrected chi connectivity index (χ2v) is 4.86. The third kappa shape index (κ3) is 8.43. The Kier molecular flexibility index (Phi) is 9.42. The van der Waals surface area contributed by atoms with E-state index in [0.29, 0.717) is 39.3 Å². The lowest BCUT2D eigenvalue weighted by Crippen LogP contribution is -2.37. The van der Waals surface area contributed by atoms with E-state index >= 15 is 0 Å². The number of methoxy groups -OCH3 is 1. The van der Waals surface area contributed by atoms with Gasteiger partial charge in [-0.25, -0.2) is 0 Å². The minimum absolute atomic E-state index is 0.283. The van der Waals surface area contributed by atoms with Crippen molar-refractivity contribution in [1.29, 1.82) is 5.26 Å². The number of nitriles is 1. The molecule has 0 spiro atoms. The van der Waals surface area contributed by atoms with Gasteiger partial charge in [0, 0.05) is 33.2 Å².